The zero-order valence-corrected chi connectivity index (χ0v) is 14.4. The summed E-state index contributed by atoms with van der Waals surface area (Å²) in [7, 11) is 0. The summed E-state index contributed by atoms with van der Waals surface area (Å²) in [5, 5.41) is 2.08. The molecule has 1 aliphatic carbocycles. The van der Waals surface area contributed by atoms with Crippen LogP contribution in [0, 0.1) is 0 Å². The van der Waals surface area contributed by atoms with Gasteiger partial charge < -0.3 is 10.3 Å². The fourth-order valence-corrected chi connectivity index (χ4v) is 4.63. The van der Waals surface area contributed by atoms with Gasteiger partial charge in [0.25, 0.3) is 0 Å². The van der Waals surface area contributed by atoms with Crippen molar-refractivity contribution in [3.8, 4) is 0 Å². The molecule has 0 aliphatic heterocycles. The van der Waals surface area contributed by atoms with E-state index in [2.05, 4.69) is 46.9 Å². The molecule has 0 saturated heterocycles. The highest BCUT2D eigenvalue weighted by molar-refractivity contribution is 9.10. The standard InChI is InChI=1S/C15H16BrN5S/c16-9-5-11(22-7-9)6-12-13-14(20-15(17)19-12)21(8-18-13)10-3-1-2-4-10/h5,7-8,10H,1-4,6H2,(H2,17,19,20). The van der Waals surface area contributed by atoms with Gasteiger partial charge >= 0.3 is 0 Å². The minimum absolute atomic E-state index is 0.331. The van der Waals surface area contributed by atoms with Gasteiger partial charge in [-0.15, -0.1) is 11.3 Å². The minimum atomic E-state index is 0.331. The van der Waals surface area contributed by atoms with Crippen LogP contribution < -0.4 is 5.73 Å². The number of rotatable bonds is 3. The molecule has 2 N–H and O–H groups in total. The van der Waals surface area contributed by atoms with Crippen LogP contribution >= 0.6 is 27.3 Å². The number of halogens is 1. The summed E-state index contributed by atoms with van der Waals surface area (Å²) in [5.74, 6) is 0.331. The van der Waals surface area contributed by atoms with Crippen molar-refractivity contribution in [1.29, 1.82) is 0 Å². The number of fused-ring (bicyclic) bond motifs is 1. The van der Waals surface area contributed by atoms with E-state index in [1.807, 2.05) is 6.33 Å². The third kappa shape index (κ3) is 2.52. The van der Waals surface area contributed by atoms with E-state index in [1.54, 1.807) is 11.3 Å². The van der Waals surface area contributed by atoms with Crippen molar-refractivity contribution in [2.75, 3.05) is 5.73 Å². The lowest BCUT2D eigenvalue weighted by atomic mass is 10.2. The van der Waals surface area contributed by atoms with Crippen molar-refractivity contribution >= 4 is 44.4 Å². The van der Waals surface area contributed by atoms with E-state index in [0.29, 0.717) is 12.0 Å². The first-order valence-electron chi connectivity index (χ1n) is 7.42. The zero-order valence-electron chi connectivity index (χ0n) is 12.0. The van der Waals surface area contributed by atoms with E-state index in [0.717, 1.165) is 27.8 Å². The van der Waals surface area contributed by atoms with Crippen molar-refractivity contribution in [1.82, 2.24) is 19.5 Å². The minimum Gasteiger partial charge on any atom is -0.368 e. The van der Waals surface area contributed by atoms with Gasteiger partial charge in [0.05, 0.1) is 12.0 Å². The summed E-state index contributed by atoms with van der Waals surface area (Å²) in [4.78, 5) is 14.7. The van der Waals surface area contributed by atoms with Crippen molar-refractivity contribution < 1.29 is 0 Å². The van der Waals surface area contributed by atoms with E-state index in [4.69, 9.17) is 5.73 Å². The Hall–Kier alpha value is -1.47. The number of nitrogens with two attached hydrogens (primary N) is 1. The number of nitrogen functional groups attached to an aromatic ring is 1. The topological polar surface area (TPSA) is 69.6 Å². The highest BCUT2D eigenvalue weighted by Crippen LogP contribution is 2.32. The molecular weight excluding hydrogens is 362 g/mol. The number of thiophene rings is 1. The second-order valence-electron chi connectivity index (χ2n) is 5.70. The first-order valence-corrected chi connectivity index (χ1v) is 9.10. The summed E-state index contributed by atoms with van der Waals surface area (Å²) in [6.45, 7) is 0. The number of hydrogen-bond donors (Lipinski definition) is 1. The van der Waals surface area contributed by atoms with E-state index in [-0.39, 0.29) is 0 Å². The van der Waals surface area contributed by atoms with Gasteiger partial charge in [0, 0.05) is 27.2 Å². The predicted octanol–water partition coefficient (Wildman–Crippen LogP) is 3.94. The molecule has 22 heavy (non-hydrogen) atoms. The summed E-state index contributed by atoms with van der Waals surface area (Å²) in [6, 6.07) is 2.62. The first-order chi connectivity index (χ1) is 10.7. The third-order valence-corrected chi connectivity index (χ3v) is 5.89. The van der Waals surface area contributed by atoms with Crippen LogP contribution in [0.3, 0.4) is 0 Å². The lowest BCUT2D eigenvalue weighted by Gasteiger charge is -2.11. The van der Waals surface area contributed by atoms with Crippen LogP contribution in [0.15, 0.2) is 22.2 Å². The molecule has 0 aromatic carbocycles. The van der Waals surface area contributed by atoms with Gasteiger partial charge in [0.15, 0.2) is 5.65 Å². The van der Waals surface area contributed by atoms with Gasteiger partial charge in [-0.05, 0) is 34.8 Å². The van der Waals surface area contributed by atoms with Crippen molar-refractivity contribution in [2.45, 2.75) is 38.1 Å². The molecule has 1 saturated carbocycles. The molecule has 0 amide bonds. The fraction of sp³-hybridized carbons (Fsp3) is 0.400. The molecule has 3 aromatic heterocycles. The molecule has 3 heterocycles. The van der Waals surface area contributed by atoms with Crippen LogP contribution in [-0.2, 0) is 6.42 Å². The molecule has 5 nitrogen and oxygen atoms in total. The van der Waals surface area contributed by atoms with Crippen LogP contribution in [-0.4, -0.2) is 19.5 Å². The molecule has 0 atom stereocenters. The average molecular weight is 378 g/mol. The van der Waals surface area contributed by atoms with Gasteiger partial charge in [-0.1, -0.05) is 12.8 Å². The smallest absolute Gasteiger partial charge is 0.222 e. The summed E-state index contributed by atoms with van der Waals surface area (Å²) in [6.07, 6.45) is 7.59. The van der Waals surface area contributed by atoms with Gasteiger partial charge in [-0.25, -0.2) is 9.97 Å². The van der Waals surface area contributed by atoms with E-state index in [1.165, 1.54) is 30.6 Å². The van der Waals surface area contributed by atoms with Gasteiger partial charge in [-0.3, -0.25) is 0 Å². The van der Waals surface area contributed by atoms with Gasteiger partial charge in [0.1, 0.15) is 5.52 Å². The van der Waals surface area contributed by atoms with E-state index >= 15 is 0 Å². The van der Waals surface area contributed by atoms with Gasteiger partial charge in [0.2, 0.25) is 5.95 Å². The number of hydrogen-bond acceptors (Lipinski definition) is 5. The molecule has 114 valence electrons. The molecule has 0 radical (unpaired) electrons. The van der Waals surface area contributed by atoms with Crippen LogP contribution in [0.1, 0.15) is 42.3 Å². The molecule has 0 bridgehead atoms. The van der Waals surface area contributed by atoms with E-state index in [9.17, 15) is 0 Å². The second-order valence-corrected chi connectivity index (χ2v) is 7.61. The van der Waals surface area contributed by atoms with E-state index < -0.39 is 0 Å². The Bertz CT molecular complexity index is 819. The lowest BCUT2D eigenvalue weighted by molar-refractivity contribution is 0.529. The monoisotopic (exact) mass is 377 g/mol. The maximum atomic E-state index is 5.94. The molecule has 0 spiro atoms. The quantitative estimate of drug-likeness (QED) is 0.750. The lowest BCUT2D eigenvalue weighted by Crippen LogP contribution is -2.07. The molecule has 4 rings (SSSR count). The molecule has 1 aliphatic rings. The van der Waals surface area contributed by atoms with Crippen molar-refractivity contribution in [2.24, 2.45) is 0 Å². The maximum Gasteiger partial charge on any atom is 0.222 e. The second kappa shape index (κ2) is 5.62. The fourth-order valence-electron chi connectivity index (χ4n) is 3.18. The Morgan fingerprint density at radius 3 is 2.86 bits per heavy atom. The zero-order chi connectivity index (χ0) is 15.1. The van der Waals surface area contributed by atoms with Crippen LogP contribution in [0.25, 0.3) is 11.2 Å². The Labute approximate surface area is 140 Å². The Balaban J connectivity index is 1.78. The predicted molar refractivity (Wildman–Crippen MR) is 92.1 cm³/mol. The number of nitrogens with zero attached hydrogens (tertiary/aromatic N) is 4. The summed E-state index contributed by atoms with van der Waals surface area (Å²) < 4.78 is 3.29. The first kappa shape index (κ1) is 14.1. The largest absolute Gasteiger partial charge is 0.368 e. The third-order valence-electron chi connectivity index (χ3n) is 4.19. The van der Waals surface area contributed by atoms with Gasteiger partial charge in [-0.2, -0.15) is 4.98 Å². The summed E-state index contributed by atoms with van der Waals surface area (Å²) in [5.41, 5.74) is 8.61. The van der Waals surface area contributed by atoms with Crippen LogP contribution in [0.5, 0.6) is 0 Å². The Kier molecular flexibility index (Phi) is 3.62. The van der Waals surface area contributed by atoms with Crippen molar-refractivity contribution in [3.05, 3.63) is 32.8 Å². The SMILES string of the molecule is Nc1nc(Cc2cc(Br)cs2)c2ncn(C3CCCC3)c2n1. The number of imidazole rings is 1. The normalized spacial score (nSPS) is 15.9. The molecule has 7 heteroatoms. The Morgan fingerprint density at radius 2 is 2.14 bits per heavy atom. The van der Waals surface area contributed by atoms with Crippen LogP contribution in [0.4, 0.5) is 5.95 Å². The Morgan fingerprint density at radius 1 is 1.32 bits per heavy atom. The molecular formula is C15H16BrN5S. The molecule has 0 unspecified atom stereocenters. The summed E-state index contributed by atoms with van der Waals surface area (Å²) >= 11 is 5.20. The molecule has 1 fully saturated rings. The highest BCUT2D eigenvalue weighted by Gasteiger charge is 2.21. The van der Waals surface area contributed by atoms with Crippen molar-refractivity contribution in [3.63, 3.8) is 0 Å². The highest BCUT2D eigenvalue weighted by atomic mass is 79.9. The number of aromatic nitrogens is 4. The number of anilines is 1. The average Bonchev–Trinajstić information content (AvgIpc) is 3.18. The van der Waals surface area contributed by atoms with Crippen LogP contribution in [0.2, 0.25) is 0 Å². The maximum absolute atomic E-state index is 5.94. The molecule has 3 aromatic rings.